The van der Waals surface area contributed by atoms with Crippen LogP contribution in [0, 0.1) is 5.92 Å². The molecule has 1 fully saturated rings. The third kappa shape index (κ3) is 7.81. The fourth-order valence-electron chi connectivity index (χ4n) is 3.27. The van der Waals surface area contributed by atoms with E-state index in [4.69, 9.17) is 5.11 Å². The molecule has 0 aromatic heterocycles. The molecule has 1 heterocycles. The van der Waals surface area contributed by atoms with E-state index in [0.717, 1.165) is 19.3 Å². The molecule has 0 aromatic rings. The molecule has 1 atom stereocenters. The smallest absolute Gasteiger partial charge is 0.323 e. The molecule has 0 bridgehead atoms. The zero-order valence-electron chi connectivity index (χ0n) is 14.2. The Bertz CT molecular complexity index is 330. The first-order valence-electron chi connectivity index (χ1n) is 9.15. The number of hydrogen-bond acceptors (Lipinski definition) is 2. The number of carbonyl (C=O) groups excluding carboxylic acids is 1. The van der Waals surface area contributed by atoms with Gasteiger partial charge >= 0.3 is 5.97 Å². The molecular weight excluding hydrogens is 278 g/mol. The highest BCUT2D eigenvalue weighted by atomic mass is 16.4. The third-order valence-electron chi connectivity index (χ3n) is 4.64. The molecule has 1 amide bonds. The lowest BCUT2D eigenvalue weighted by molar-refractivity contribution is -0.143. The van der Waals surface area contributed by atoms with E-state index in [9.17, 15) is 9.59 Å². The van der Waals surface area contributed by atoms with E-state index in [0.29, 0.717) is 6.54 Å². The average Bonchev–Trinajstić information content (AvgIpc) is 2.81. The number of carboxylic acid groups (broad SMARTS) is 1. The van der Waals surface area contributed by atoms with Crippen molar-refractivity contribution in [1.82, 2.24) is 4.90 Å². The fraction of sp³-hybridized carbons (Fsp3) is 0.889. The van der Waals surface area contributed by atoms with Gasteiger partial charge in [0.25, 0.3) is 0 Å². The highest BCUT2D eigenvalue weighted by molar-refractivity contribution is 5.84. The zero-order chi connectivity index (χ0) is 16.2. The van der Waals surface area contributed by atoms with Crippen molar-refractivity contribution in [1.29, 1.82) is 0 Å². The summed E-state index contributed by atoms with van der Waals surface area (Å²) in [6.07, 6.45) is 14.8. The van der Waals surface area contributed by atoms with E-state index in [1.54, 1.807) is 0 Å². The number of nitrogens with zero attached hydrogens (tertiary/aromatic N) is 1. The van der Waals surface area contributed by atoms with Crippen molar-refractivity contribution >= 4 is 11.9 Å². The standard InChI is InChI=1S/C18H33NO3/c1-2-3-4-5-6-7-8-9-10-11-12-16-13-14-19(18(16)22)15-17(20)21/h16H,2-15H2,1H3,(H,20,21). The Kier molecular flexibility index (Phi) is 9.93. The molecule has 0 saturated carbocycles. The molecule has 4 nitrogen and oxygen atoms in total. The monoisotopic (exact) mass is 311 g/mol. The molecule has 0 aliphatic carbocycles. The van der Waals surface area contributed by atoms with Gasteiger partial charge in [-0.3, -0.25) is 9.59 Å². The number of amides is 1. The van der Waals surface area contributed by atoms with Gasteiger partial charge in [0.05, 0.1) is 0 Å². The quantitative estimate of drug-likeness (QED) is 0.518. The summed E-state index contributed by atoms with van der Waals surface area (Å²) in [5.74, 6) is -0.778. The number of rotatable bonds is 13. The Morgan fingerprint density at radius 2 is 1.59 bits per heavy atom. The molecule has 1 aliphatic heterocycles. The van der Waals surface area contributed by atoms with Crippen LogP contribution in [0.3, 0.4) is 0 Å². The van der Waals surface area contributed by atoms with Gasteiger partial charge in [-0.2, -0.15) is 0 Å². The number of aliphatic carboxylic acids is 1. The van der Waals surface area contributed by atoms with Crippen LogP contribution >= 0.6 is 0 Å². The van der Waals surface area contributed by atoms with Crippen molar-refractivity contribution in [2.45, 2.75) is 84.0 Å². The lowest BCUT2D eigenvalue weighted by Crippen LogP contribution is -2.32. The highest BCUT2D eigenvalue weighted by Gasteiger charge is 2.31. The first-order chi connectivity index (χ1) is 10.6. The maximum atomic E-state index is 12.0. The molecule has 0 spiro atoms. The minimum absolute atomic E-state index is 0.0540. The summed E-state index contributed by atoms with van der Waals surface area (Å²) in [6, 6.07) is 0. The van der Waals surface area contributed by atoms with Crippen LogP contribution < -0.4 is 0 Å². The highest BCUT2D eigenvalue weighted by Crippen LogP contribution is 2.23. The molecule has 128 valence electrons. The van der Waals surface area contributed by atoms with E-state index in [1.165, 1.54) is 62.7 Å². The number of likely N-dealkylation sites (tertiary alicyclic amines) is 1. The van der Waals surface area contributed by atoms with E-state index < -0.39 is 5.97 Å². The van der Waals surface area contributed by atoms with E-state index in [-0.39, 0.29) is 18.4 Å². The fourth-order valence-corrected chi connectivity index (χ4v) is 3.27. The summed E-state index contributed by atoms with van der Waals surface area (Å²) in [7, 11) is 0. The molecule has 22 heavy (non-hydrogen) atoms. The van der Waals surface area contributed by atoms with Crippen LogP contribution in [-0.2, 0) is 9.59 Å². The topological polar surface area (TPSA) is 57.6 Å². The maximum absolute atomic E-state index is 12.0. The van der Waals surface area contributed by atoms with Crippen molar-refractivity contribution in [2.24, 2.45) is 5.92 Å². The van der Waals surface area contributed by atoms with Crippen LogP contribution in [0.4, 0.5) is 0 Å². The normalized spacial score (nSPS) is 18.1. The summed E-state index contributed by atoms with van der Waals surface area (Å²) >= 11 is 0. The summed E-state index contributed by atoms with van der Waals surface area (Å²) < 4.78 is 0. The predicted octanol–water partition coefficient (Wildman–Crippen LogP) is 4.23. The van der Waals surface area contributed by atoms with Crippen molar-refractivity contribution in [2.75, 3.05) is 13.1 Å². The summed E-state index contributed by atoms with van der Waals surface area (Å²) in [4.78, 5) is 24.1. The second-order valence-corrected chi connectivity index (χ2v) is 6.61. The van der Waals surface area contributed by atoms with Crippen molar-refractivity contribution in [3.8, 4) is 0 Å². The SMILES string of the molecule is CCCCCCCCCCCCC1CCN(CC(=O)O)C1=O. The average molecular weight is 311 g/mol. The first kappa shape index (κ1) is 19.0. The van der Waals surface area contributed by atoms with Crippen LogP contribution in [-0.4, -0.2) is 35.0 Å². The molecule has 1 aliphatic rings. The van der Waals surface area contributed by atoms with Crippen molar-refractivity contribution in [3.05, 3.63) is 0 Å². The van der Waals surface area contributed by atoms with Crippen LogP contribution in [0.25, 0.3) is 0 Å². The second-order valence-electron chi connectivity index (χ2n) is 6.61. The number of carbonyl (C=O) groups is 2. The second kappa shape index (κ2) is 11.5. The minimum Gasteiger partial charge on any atom is -0.480 e. The first-order valence-corrected chi connectivity index (χ1v) is 9.15. The molecule has 1 N–H and O–H groups in total. The number of hydrogen-bond donors (Lipinski definition) is 1. The third-order valence-corrected chi connectivity index (χ3v) is 4.64. The van der Waals surface area contributed by atoms with Crippen LogP contribution in [0.5, 0.6) is 0 Å². The summed E-state index contributed by atoms with van der Waals surface area (Å²) in [5, 5.41) is 8.75. The Morgan fingerprint density at radius 3 is 2.14 bits per heavy atom. The van der Waals surface area contributed by atoms with Gasteiger partial charge in [0.2, 0.25) is 5.91 Å². The van der Waals surface area contributed by atoms with Gasteiger partial charge in [-0.25, -0.2) is 0 Å². The van der Waals surface area contributed by atoms with Gasteiger partial charge in [-0.05, 0) is 12.8 Å². The largest absolute Gasteiger partial charge is 0.480 e. The maximum Gasteiger partial charge on any atom is 0.323 e. The van der Waals surface area contributed by atoms with E-state index in [2.05, 4.69) is 6.92 Å². The zero-order valence-corrected chi connectivity index (χ0v) is 14.2. The molecule has 4 heteroatoms. The van der Waals surface area contributed by atoms with Gasteiger partial charge in [-0.15, -0.1) is 0 Å². The van der Waals surface area contributed by atoms with Crippen LogP contribution in [0.2, 0.25) is 0 Å². The number of carboxylic acids is 1. The lowest BCUT2D eigenvalue weighted by Gasteiger charge is -2.13. The molecule has 1 saturated heterocycles. The molecule has 1 rings (SSSR count). The molecule has 0 aromatic carbocycles. The van der Waals surface area contributed by atoms with E-state index >= 15 is 0 Å². The van der Waals surface area contributed by atoms with Crippen molar-refractivity contribution < 1.29 is 14.7 Å². The van der Waals surface area contributed by atoms with Gasteiger partial charge in [-0.1, -0.05) is 71.1 Å². The summed E-state index contributed by atoms with van der Waals surface area (Å²) in [6.45, 7) is 2.73. The Hall–Kier alpha value is -1.06. The Labute approximate surface area is 135 Å². The predicted molar refractivity (Wildman–Crippen MR) is 88.8 cm³/mol. The molecule has 1 unspecified atom stereocenters. The minimum atomic E-state index is -0.909. The van der Waals surface area contributed by atoms with Crippen molar-refractivity contribution in [3.63, 3.8) is 0 Å². The van der Waals surface area contributed by atoms with Gasteiger partial charge in [0.1, 0.15) is 6.54 Å². The Balaban J connectivity index is 1.95. The van der Waals surface area contributed by atoms with Crippen LogP contribution in [0.15, 0.2) is 0 Å². The van der Waals surface area contributed by atoms with Gasteiger partial charge in [0.15, 0.2) is 0 Å². The van der Waals surface area contributed by atoms with Crippen LogP contribution in [0.1, 0.15) is 84.0 Å². The molecular formula is C18H33NO3. The molecule has 0 radical (unpaired) electrons. The van der Waals surface area contributed by atoms with E-state index in [1.807, 2.05) is 0 Å². The lowest BCUT2D eigenvalue weighted by atomic mass is 9.98. The number of unbranched alkanes of at least 4 members (excludes halogenated alkanes) is 9. The Morgan fingerprint density at radius 1 is 1.05 bits per heavy atom. The van der Waals surface area contributed by atoms with Gasteiger partial charge < -0.3 is 10.0 Å². The van der Waals surface area contributed by atoms with Gasteiger partial charge in [0, 0.05) is 12.5 Å². The summed E-state index contributed by atoms with van der Waals surface area (Å²) in [5.41, 5.74) is 0.